The van der Waals surface area contributed by atoms with Crippen LogP contribution in [0.3, 0.4) is 0 Å². The van der Waals surface area contributed by atoms with E-state index in [4.69, 9.17) is 8.92 Å². The van der Waals surface area contributed by atoms with E-state index in [1.807, 2.05) is 0 Å². The topological polar surface area (TPSA) is 52.6 Å². The smallest absolute Gasteiger partial charge is 0.359 e. The van der Waals surface area contributed by atoms with E-state index in [0.29, 0.717) is 18.1 Å². The van der Waals surface area contributed by atoms with Gasteiger partial charge in [-0.3, -0.25) is 4.79 Å². The Morgan fingerprint density at radius 1 is 1.25 bits per heavy atom. The molecule has 0 N–H and O–H groups in total. The fourth-order valence-electron chi connectivity index (χ4n) is 2.02. The van der Waals surface area contributed by atoms with E-state index in [-0.39, 0.29) is 5.97 Å². The zero-order valence-electron chi connectivity index (χ0n) is 9.15. The first kappa shape index (κ1) is 11.8. The molecule has 1 saturated carbocycles. The van der Waals surface area contributed by atoms with Crippen molar-refractivity contribution < 1.29 is 18.5 Å². The average Bonchev–Trinajstić information content (AvgIpc) is 2.74. The molecule has 2 fully saturated rings. The first-order chi connectivity index (χ1) is 7.75. The number of hydrogen-bond donors (Lipinski definition) is 0. The maximum Gasteiger partial charge on any atom is 0.359 e. The van der Waals surface area contributed by atoms with Gasteiger partial charge in [0.1, 0.15) is 0 Å². The summed E-state index contributed by atoms with van der Waals surface area (Å²) in [7, 11) is 0. The molecule has 2 aliphatic rings. The van der Waals surface area contributed by atoms with E-state index in [0.717, 1.165) is 12.8 Å². The number of cyclic esters (lactones) is 1. The van der Waals surface area contributed by atoms with E-state index in [1.165, 1.54) is 31.3 Å². The lowest BCUT2D eigenvalue weighted by molar-refractivity contribution is -0.154. The second kappa shape index (κ2) is 5.57. The molecule has 1 atom stereocenters. The molecule has 0 aromatic rings. The monoisotopic (exact) mass is 244 g/mol. The van der Waals surface area contributed by atoms with Crippen LogP contribution in [0.25, 0.3) is 0 Å². The van der Waals surface area contributed by atoms with Gasteiger partial charge in [0, 0.05) is 18.1 Å². The van der Waals surface area contributed by atoms with Gasteiger partial charge in [-0.25, -0.2) is 4.79 Å². The number of carbonyl (C=O) groups is 2. The summed E-state index contributed by atoms with van der Waals surface area (Å²) in [6, 6.07) is 0. The third-order valence-electron chi connectivity index (χ3n) is 2.97. The van der Waals surface area contributed by atoms with Crippen LogP contribution in [-0.2, 0) is 18.5 Å². The van der Waals surface area contributed by atoms with Crippen LogP contribution in [0.2, 0.25) is 0 Å². The molecule has 0 amide bonds. The maximum absolute atomic E-state index is 11.5. The summed E-state index contributed by atoms with van der Waals surface area (Å²) in [4.78, 5) is 22.3. The van der Waals surface area contributed by atoms with Gasteiger partial charge >= 0.3 is 11.9 Å². The largest absolute Gasteiger partial charge is 0.450 e. The Morgan fingerprint density at radius 2 is 2.00 bits per heavy atom. The molecule has 1 heterocycles. The molecule has 1 aliphatic heterocycles. The van der Waals surface area contributed by atoms with Gasteiger partial charge < -0.3 is 8.92 Å². The molecule has 0 bridgehead atoms. The van der Waals surface area contributed by atoms with Crippen molar-refractivity contribution in [2.75, 3.05) is 0 Å². The van der Waals surface area contributed by atoms with Crippen molar-refractivity contribution in [1.82, 2.24) is 0 Å². The highest BCUT2D eigenvalue weighted by Gasteiger charge is 2.32. The zero-order valence-corrected chi connectivity index (χ0v) is 9.96. The van der Waals surface area contributed by atoms with Gasteiger partial charge in [0.15, 0.2) is 0 Å². The van der Waals surface area contributed by atoms with E-state index in [2.05, 4.69) is 0 Å². The molecule has 2 rings (SSSR count). The van der Waals surface area contributed by atoms with Crippen LogP contribution < -0.4 is 0 Å². The molecule has 0 spiro atoms. The van der Waals surface area contributed by atoms with Gasteiger partial charge in [0.25, 0.3) is 0 Å². The first-order valence-electron chi connectivity index (χ1n) is 5.82. The lowest BCUT2D eigenvalue weighted by Gasteiger charge is -2.19. The Kier molecular flexibility index (Phi) is 4.09. The Balaban J connectivity index is 1.68. The number of hydrogen-bond acceptors (Lipinski definition) is 5. The van der Waals surface area contributed by atoms with E-state index >= 15 is 0 Å². The molecule has 4 nitrogen and oxygen atoms in total. The van der Waals surface area contributed by atoms with E-state index in [1.54, 1.807) is 0 Å². The average molecular weight is 244 g/mol. The standard InChI is InChI=1S/C11H16O4S/c12-10-7-6-9(14-10)11(13)15-16-8-4-2-1-3-5-8/h8-9H,1-7H2. The van der Waals surface area contributed by atoms with Crippen molar-refractivity contribution in [3.63, 3.8) is 0 Å². The maximum atomic E-state index is 11.5. The highest BCUT2D eigenvalue weighted by atomic mass is 32.2. The van der Waals surface area contributed by atoms with Crippen LogP contribution >= 0.6 is 12.0 Å². The Morgan fingerprint density at radius 3 is 2.62 bits per heavy atom. The quantitative estimate of drug-likeness (QED) is 0.563. The second-order valence-electron chi connectivity index (χ2n) is 4.28. The van der Waals surface area contributed by atoms with Crippen LogP contribution in [0.4, 0.5) is 0 Å². The van der Waals surface area contributed by atoms with Crippen molar-refractivity contribution in [3.05, 3.63) is 0 Å². The molecule has 0 aromatic heterocycles. The lowest BCUT2D eigenvalue weighted by Crippen LogP contribution is -2.22. The SMILES string of the molecule is O=C1CCC(C(=O)OSC2CCCCC2)O1. The minimum absolute atomic E-state index is 0.301. The van der Waals surface area contributed by atoms with Crippen molar-refractivity contribution in [2.24, 2.45) is 0 Å². The second-order valence-corrected chi connectivity index (χ2v) is 5.30. The third-order valence-corrected chi connectivity index (χ3v) is 3.97. The minimum Gasteiger partial charge on any atom is -0.450 e. The molecular weight excluding hydrogens is 228 g/mol. The van der Waals surface area contributed by atoms with Gasteiger partial charge in [-0.2, -0.15) is 0 Å². The van der Waals surface area contributed by atoms with Crippen LogP contribution in [0.5, 0.6) is 0 Å². The van der Waals surface area contributed by atoms with Crippen LogP contribution in [0.1, 0.15) is 44.9 Å². The van der Waals surface area contributed by atoms with Crippen molar-refractivity contribution in [1.29, 1.82) is 0 Å². The predicted molar refractivity (Wildman–Crippen MR) is 59.7 cm³/mol. The van der Waals surface area contributed by atoms with E-state index in [9.17, 15) is 9.59 Å². The summed E-state index contributed by atoms with van der Waals surface area (Å²) < 4.78 is 9.95. The highest BCUT2D eigenvalue weighted by molar-refractivity contribution is 7.95. The van der Waals surface area contributed by atoms with Crippen molar-refractivity contribution >= 4 is 24.0 Å². The minimum atomic E-state index is -0.663. The molecule has 90 valence electrons. The summed E-state index contributed by atoms with van der Waals surface area (Å²) in [5, 5.41) is 0.426. The molecule has 1 aliphatic carbocycles. The Labute approximate surface area is 99.3 Å². The summed E-state index contributed by atoms with van der Waals surface area (Å²) in [6.07, 6.45) is 6.07. The Bertz CT molecular complexity index is 273. The van der Waals surface area contributed by atoms with Crippen LogP contribution in [-0.4, -0.2) is 23.3 Å². The summed E-state index contributed by atoms with van der Waals surface area (Å²) in [5.74, 6) is -0.703. The normalized spacial score (nSPS) is 26.5. The molecule has 5 heteroatoms. The van der Waals surface area contributed by atoms with E-state index < -0.39 is 12.1 Å². The summed E-state index contributed by atoms with van der Waals surface area (Å²) >= 11 is 1.25. The number of esters is 1. The van der Waals surface area contributed by atoms with Gasteiger partial charge in [-0.05, 0) is 12.8 Å². The molecular formula is C11H16O4S. The molecule has 0 aromatic carbocycles. The highest BCUT2D eigenvalue weighted by Crippen LogP contribution is 2.29. The first-order valence-corrected chi connectivity index (χ1v) is 6.63. The summed E-state index contributed by atoms with van der Waals surface area (Å²) in [6.45, 7) is 0. The fourth-order valence-corrected chi connectivity index (χ4v) is 2.89. The molecule has 1 unspecified atom stereocenters. The Hall–Kier alpha value is -0.710. The fraction of sp³-hybridized carbons (Fsp3) is 0.818. The molecule has 1 saturated heterocycles. The lowest BCUT2D eigenvalue weighted by atomic mass is 10.0. The predicted octanol–water partition coefficient (Wildman–Crippen LogP) is 2.22. The van der Waals surface area contributed by atoms with Gasteiger partial charge in [-0.1, -0.05) is 19.3 Å². The van der Waals surface area contributed by atoms with Gasteiger partial charge in [0.05, 0.1) is 12.0 Å². The van der Waals surface area contributed by atoms with Crippen molar-refractivity contribution in [3.8, 4) is 0 Å². The van der Waals surface area contributed by atoms with Gasteiger partial charge in [-0.15, -0.1) is 0 Å². The zero-order chi connectivity index (χ0) is 11.4. The number of ether oxygens (including phenoxy) is 1. The third kappa shape index (κ3) is 3.14. The van der Waals surface area contributed by atoms with Gasteiger partial charge in [0.2, 0.25) is 6.10 Å². The van der Waals surface area contributed by atoms with Crippen molar-refractivity contribution in [2.45, 2.75) is 56.3 Å². The number of rotatable bonds is 3. The van der Waals surface area contributed by atoms with Crippen LogP contribution in [0.15, 0.2) is 0 Å². The molecule has 0 radical (unpaired) electrons. The molecule has 16 heavy (non-hydrogen) atoms. The van der Waals surface area contributed by atoms with Crippen LogP contribution in [0, 0.1) is 0 Å². The summed E-state index contributed by atoms with van der Waals surface area (Å²) in [5.41, 5.74) is 0. The number of carbonyl (C=O) groups excluding carboxylic acids is 2.